The number of amides is 1. The maximum atomic E-state index is 11.8. The summed E-state index contributed by atoms with van der Waals surface area (Å²) in [5.41, 5.74) is 0. The summed E-state index contributed by atoms with van der Waals surface area (Å²) < 4.78 is 11.1. The van der Waals surface area contributed by atoms with Crippen molar-refractivity contribution in [3.63, 3.8) is 0 Å². The first-order valence-electron chi connectivity index (χ1n) is 8.58. The third-order valence-electron chi connectivity index (χ3n) is 4.58. The van der Waals surface area contributed by atoms with Crippen molar-refractivity contribution < 1.29 is 13.9 Å². The molecule has 1 saturated carbocycles. The number of morpholine rings is 1. The van der Waals surface area contributed by atoms with Gasteiger partial charge in [0.25, 0.3) is 0 Å². The first-order chi connectivity index (χ1) is 11.2. The summed E-state index contributed by atoms with van der Waals surface area (Å²) in [5, 5.41) is 2.92. The lowest BCUT2D eigenvalue weighted by atomic mass is 10.3. The van der Waals surface area contributed by atoms with Gasteiger partial charge < -0.3 is 14.5 Å². The van der Waals surface area contributed by atoms with Gasteiger partial charge in [-0.2, -0.15) is 0 Å². The number of nitrogens with one attached hydrogen (secondary N) is 1. The largest absolute Gasteiger partial charge is 0.461 e. The van der Waals surface area contributed by atoms with E-state index in [9.17, 15) is 4.79 Å². The molecule has 5 nitrogen and oxygen atoms in total. The zero-order valence-electron chi connectivity index (χ0n) is 13.8. The molecule has 1 aromatic heterocycles. The van der Waals surface area contributed by atoms with E-state index in [0.717, 1.165) is 56.7 Å². The number of hydrogen-bond acceptors (Lipinski definition) is 4. The Morgan fingerprint density at radius 2 is 2.17 bits per heavy atom. The van der Waals surface area contributed by atoms with Crippen molar-refractivity contribution in [1.82, 2.24) is 10.2 Å². The molecule has 0 aromatic carbocycles. The third kappa shape index (κ3) is 4.94. The molecule has 1 aliphatic heterocycles. The lowest BCUT2D eigenvalue weighted by Gasteiger charge is -2.26. The Morgan fingerprint density at radius 1 is 1.39 bits per heavy atom. The van der Waals surface area contributed by atoms with Crippen LogP contribution in [-0.2, 0) is 9.53 Å². The number of carbonyl (C=O) groups is 1. The highest BCUT2D eigenvalue weighted by molar-refractivity contribution is 5.91. The zero-order valence-corrected chi connectivity index (χ0v) is 13.8. The Morgan fingerprint density at radius 3 is 2.91 bits per heavy atom. The Kier molecular flexibility index (Phi) is 5.51. The van der Waals surface area contributed by atoms with Crippen molar-refractivity contribution in [2.45, 2.75) is 25.7 Å². The molecule has 126 valence electrons. The van der Waals surface area contributed by atoms with E-state index in [0.29, 0.717) is 12.5 Å². The summed E-state index contributed by atoms with van der Waals surface area (Å²) >= 11 is 0. The number of ether oxygens (including phenoxy) is 1. The molecule has 1 aromatic rings. The Balaban J connectivity index is 1.33. The molecule has 3 rings (SSSR count). The average Bonchev–Trinajstić information content (AvgIpc) is 3.11. The van der Waals surface area contributed by atoms with Crippen LogP contribution in [0.25, 0.3) is 6.08 Å². The summed E-state index contributed by atoms with van der Waals surface area (Å²) in [6.45, 7) is 7.56. The van der Waals surface area contributed by atoms with Gasteiger partial charge in [0, 0.05) is 31.6 Å². The predicted molar refractivity (Wildman–Crippen MR) is 89.1 cm³/mol. The van der Waals surface area contributed by atoms with Crippen molar-refractivity contribution in [3.8, 4) is 0 Å². The van der Waals surface area contributed by atoms with Gasteiger partial charge in [-0.05, 0) is 43.5 Å². The molecule has 1 amide bonds. The third-order valence-corrected chi connectivity index (χ3v) is 4.58. The van der Waals surface area contributed by atoms with Crippen LogP contribution < -0.4 is 5.32 Å². The Hall–Kier alpha value is -1.59. The maximum Gasteiger partial charge on any atom is 0.244 e. The monoisotopic (exact) mass is 318 g/mol. The first-order valence-corrected chi connectivity index (χ1v) is 8.58. The van der Waals surface area contributed by atoms with Crippen LogP contribution in [0.5, 0.6) is 0 Å². The van der Waals surface area contributed by atoms with Crippen molar-refractivity contribution in [1.29, 1.82) is 0 Å². The van der Waals surface area contributed by atoms with E-state index in [-0.39, 0.29) is 5.91 Å². The summed E-state index contributed by atoms with van der Waals surface area (Å²) in [5.74, 6) is 3.04. The predicted octanol–water partition coefficient (Wildman–Crippen LogP) is 2.25. The van der Waals surface area contributed by atoms with E-state index < -0.39 is 0 Å². The number of hydrogen-bond donors (Lipinski definition) is 1. The van der Waals surface area contributed by atoms with Crippen LogP contribution in [0.1, 0.15) is 37.2 Å². The Labute approximate surface area is 137 Å². The molecule has 5 heteroatoms. The van der Waals surface area contributed by atoms with E-state index in [1.54, 1.807) is 12.2 Å². The van der Waals surface area contributed by atoms with Crippen molar-refractivity contribution in [2.24, 2.45) is 5.92 Å². The van der Waals surface area contributed by atoms with Crippen LogP contribution in [0.3, 0.4) is 0 Å². The molecule has 2 atom stereocenters. The SMILES string of the molecule is CC1CC1c1ccc(/C=C/C(=O)NCCCN2CCOCC2)o1. The fourth-order valence-electron chi connectivity index (χ4n) is 2.93. The lowest BCUT2D eigenvalue weighted by Crippen LogP contribution is -2.38. The molecular formula is C18H26N2O3. The molecule has 1 aliphatic carbocycles. The van der Waals surface area contributed by atoms with Crippen LogP contribution in [0.4, 0.5) is 0 Å². The highest BCUT2D eigenvalue weighted by Crippen LogP contribution is 2.47. The second-order valence-electron chi connectivity index (χ2n) is 6.49. The van der Waals surface area contributed by atoms with Crippen LogP contribution in [0, 0.1) is 5.92 Å². The van der Waals surface area contributed by atoms with Gasteiger partial charge in [-0.15, -0.1) is 0 Å². The van der Waals surface area contributed by atoms with E-state index in [2.05, 4.69) is 17.1 Å². The van der Waals surface area contributed by atoms with Gasteiger partial charge >= 0.3 is 0 Å². The van der Waals surface area contributed by atoms with Gasteiger partial charge in [0.1, 0.15) is 11.5 Å². The fraction of sp³-hybridized carbons (Fsp3) is 0.611. The highest BCUT2D eigenvalue weighted by atomic mass is 16.5. The molecule has 0 bridgehead atoms. The maximum absolute atomic E-state index is 11.8. The zero-order chi connectivity index (χ0) is 16.1. The molecule has 0 spiro atoms. The normalized spacial score (nSPS) is 24.9. The second kappa shape index (κ2) is 7.79. The van der Waals surface area contributed by atoms with Gasteiger partial charge in [-0.1, -0.05) is 6.92 Å². The standard InChI is InChI=1S/C18H26N2O3/c1-14-13-16(14)17-5-3-15(23-17)4-6-18(21)19-7-2-8-20-9-11-22-12-10-20/h3-6,14,16H,2,7-13H2,1H3,(H,19,21)/b6-4+. The quantitative estimate of drug-likeness (QED) is 0.619. The molecule has 2 heterocycles. The molecule has 2 aliphatic rings. The average molecular weight is 318 g/mol. The fourth-order valence-corrected chi connectivity index (χ4v) is 2.93. The minimum absolute atomic E-state index is 0.0651. The van der Waals surface area contributed by atoms with Crippen molar-refractivity contribution in [2.75, 3.05) is 39.4 Å². The number of carbonyl (C=O) groups excluding carboxylic acids is 1. The molecule has 0 radical (unpaired) electrons. The second-order valence-corrected chi connectivity index (χ2v) is 6.49. The minimum atomic E-state index is -0.0651. The number of rotatable bonds is 7. The molecule has 1 saturated heterocycles. The van der Waals surface area contributed by atoms with E-state index in [4.69, 9.17) is 9.15 Å². The van der Waals surface area contributed by atoms with Gasteiger partial charge in [0.15, 0.2) is 0 Å². The van der Waals surface area contributed by atoms with Crippen LogP contribution in [0.15, 0.2) is 22.6 Å². The molecule has 2 unspecified atom stereocenters. The number of nitrogens with zero attached hydrogens (tertiary/aromatic N) is 1. The Bertz CT molecular complexity index is 546. The molecule has 2 fully saturated rings. The summed E-state index contributed by atoms with van der Waals surface area (Å²) in [6, 6.07) is 3.96. The van der Waals surface area contributed by atoms with Crippen molar-refractivity contribution in [3.05, 3.63) is 29.7 Å². The summed E-state index contributed by atoms with van der Waals surface area (Å²) in [6.07, 6.45) is 5.46. The van der Waals surface area contributed by atoms with Crippen LogP contribution in [-0.4, -0.2) is 50.2 Å². The van der Waals surface area contributed by atoms with Crippen LogP contribution >= 0.6 is 0 Å². The summed E-state index contributed by atoms with van der Waals surface area (Å²) in [7, 11) is 0. The molecular weight excluding hydrogens is 292 g/mol. The van der Waals surface area contributed by atoms with E-state index in [1.807, 2.05) is 12.1 Å². The molecule has 23 heavy (non-hydrogen) atoms. The van der Waals surface area contributed by atoms with E-state index >= 15 is 0 Å². The topological polar surface area (TPSA) is 54.7 Å². The van der Waals surface area contributed by atoms with Gasteiger partial charge in [-0.3, -0.25) is 9.69 Å². The lowest BCUT2D eigenvalue weighted by molar-refractivity contribution is -0.116. The minimum Gasteiger partial charge on any atom is -0.461 e. The van der Waals surface area contributed by atoms with Crippen molar-refractivity contribution >= 4 is 12.0 Å². The summed E-state index contributed by atoms with van der Waals surface area (Å²) in [4.78, 5) is 14.2. The smallest absolute Gasteiger partial charge is 0.244 e. The first kappa shape index (κ1) is 16.3. The number of furan rings is 1. The van der Waals surface area contributed by atoms with Gasteiger partial charge in [0.2, 0.25) is 5.91 Å². The van der Waals surface area contributed by atoms with Gasteiger partial charge in [0.05, 0.1) is 13.2 Å². The van der Waals surface area contributed by atoms with Gasteiger partial charge in [-0.25, -0.2) is 0 Å². The van der Waals surface area contributed by atoms with E-state index in [1.165, 1.54) is 6.42 Å². The molecule has 1 N–H and O–H groups in total. The van der Waals surface area contributed by atoms with Crippen LogP contribution in [0.2, 0.25) is 0 Å². The highest BCUT2D eigenvalue weighted by Gasteiger charge is 2.36.